The molecule has 0 saturated carbocycles. The van der Waals surface area contributed by atoms with Gasteiger partial charge >= 0.3 is 0 Å². The van der Waals surface area contributed by atoms with E-state index in [4.69, 9.17) is 5.73 Å². The van der Waals surface area contributed by atoms with E-state index in [9.17, 15) is 0 Å². The lowest BCUT2D eigenvalue weighted by Gasteiger charge is -2.20. The van der Waals surface area contributed by atoms with Crippen molar-refractivity contribution in [1.29, 1.82) is 0 Å². The average Bonchev–Trinajstić information content (AvgIpc) is 2.54. The van der Waals surface area contributed by atoms with E-state index >= 15 is 0 Å². The first kappa shape index (κ1) is 11.2. The minimum Gasteiger partial charge on any atom is -0.338 e. The molecule has 3 heteroatoms. The number of aromatic nitrogens is 2. The number of rotatable bonds is 5. The summed E-state index contributed by atoms with van der Waals surface area (Å²) >= 11 is 0. The predicted octanol–water partition coefficient (Wildman–Crippen LogP) is 1.73. The fourth-order valence-electron chi connectivity index (χ4n) is 1.86. The van der Waals surface area contributed by atoms with Crippen molar-refractivity contribution in [3.63, 3.8) is 0 Å². The predicted molar refractivity (Wildman–Crippen MR) is 59.0 cm³/mol. The van der Waals surface area contributed by atoms with Crippen molar-refractivity contribution >= 4 is 0 Å². The average molecular weight is 195 g/mol. The molecule has 1 heterocycles. The molecule has 0 amide bonds. The van der Waals surface area contributed by atoms with Gasteiger partial charge in [-0.05, 0) is 5.92 Å². The van der Waals surface area contributed by atoms with Gasteiger partial charge in [-0.2, -0.15) is 0 Å². The Labute approximate surface area is 86.3 Å². The zero-order chi connectivity index (χ0) is 10.6. The van der Waals surface area contributed by atoms with Gasteiger partial charge in [0, 0.05) is 31.9 Å². The van der Waals surface area contributed by atoms with E-state index in [0.717, 1.165) is 25.1 Å². The first-order chi connectivity index (χ1) is 6.69. The summed E-state index contributed by atoms with van der Waals surface area (Å²) in [6.07, 6.45) is 6.99. The Morgan fingerprint density at radius 3 is 2.50 bits per heavy atom. The van der Waals surface area contributed by atoms with Gasteiger partial charge in [0.15, 0.2) is 0 Å². The zero-order valence-corrected chi connectivity index (χ0v) is 9.40. The van der Waals surface area contributed by atoms with Crippen molar-refractivity contribution in [2.24, 2.45) is 18.7 Å². The summed E-state index contributed by atoms with van der Waals surface area (Å²) in [4.78, 5) is 4.29. The summed E-state index contributed by atoms with van der Waals surface area (Å²) < 4.78 is 2.04. The largest absolute Gasteiger partial charge is 0.338 e. The third-order valence-corrected chi connectivity index (χ3v) is 2.99. The lowest BCUT2D eigenvalue weighted by molar-refractivity contribution is 0.386. The van der Waals surface area contributed by atoms with Crippen molar-refractivity contribution in [2.45, 2.75) is 39.2 Å². The summed E-state index contributed by atoms with van der Waals surface area (Å²) in [6, 6.07) is 0.242. The van der Waals surface area contributed by atoms with Crippen LogP contribution in [0.3, 0.4) is 0 Å². The van der Waals surface area contributed by atoms with E-state index in [1.54, 1.807) is 0 Å². The van der Waals surface area contributed by atoms with Crippen molar-refractivity contribution in [1.82, 2.24) is 9.55 Å². The maximum absolute atomic E-state index is 6.15. The monoisotopic (exact) mass is 195 g/mol. The van der Waals surface area contributed by atoms with Crippen LogP contribution in [0.4, 0.5) is 0 Å². The topological polar surface area (TPSA) is 43.8 Å². The Hall–Kier alpha value is -0.830. The van der Waals surface area contributed by atoms with E-state index in [2.05, 4.69) is 18.8 Å². The molecule has 0 radical (unpaired) electrons. The molecular weight excluding hydrogens is 174 g/mol. The standard InChI is InChI=1S/C11H21N3/c1-4-9(5-2)10(12)8-11-13-6-7-14(11)3/h6-7,9-10H,4-5,8,12H2,1-3H3. The van der Waals surface area contributed by atoms with Crippen LogP contribution < -0.4 is 5.73 Å². The van der Waals surface area contributed by atoms with Gasteiger partial charge in [0.1, 0.15) is 5.82 Å². The Balaban J connectivity index is 2.56. The first-order valence-electron chi connectivity index (χ1n) is 5.40. The summed E-state index contributed by atoms with van der Waals surface area (Å²) in [6.45, 7) is 4.40. The van der Waals surface area contributed by atoms with Gasteiger partial charge in [-0.25, -0.2) is 4.98 Å². The molecule has 1 rings (SSSR count). The van der Waals surface area contributed by atoms with Crippen molar-refractivity contribution < 1.29 is 0 Å². The number of aryl methyl sites for hydroxylation is 1. The maximum Gasteiger partial charge on any atom is 0.109 e. The molecule has 0 saturated heterocycles. The quantitative estimate of drug-likeness (QED) is 0.777. The lowest BCUT2D eigenvalue weighted by atomic mass is 9.92. The molecule has 0 spiro atoms. The minimum absolute atomic E-state index is 0.242. The summed E-state index contributed by atoms with van der Waals surface area (Å²) in [5, 5.41) is 0. The highest BCUT2D eigenvalue weighted by Crippen LogP contribution is 2.14. The van der Waals surface area contributed by atoms with Crippen LogP contribution in [-0.2, 0) is 13.5 Å². The number of imidazole rings is 1. The van der Waals surface area contributed by atoms with Crippen LogP contribution in [0.15, 0.2) is 12.4 Å². The molecule has 0 aliphatic rings. The zero-order valence-electron chi connectivity index (χ0n) is 9.40. The molecular formula is C11H21N3. The van der Waals surface area contributed by atoms with Crippen LogP contribution >= 0.6 is 0 Å². The van der Waals surface area contributed by atoms with Crippen LogP contribution in [0, 0.1) is 5.92 Å². The van der Waals surface area contributed by atoms with E-state index in [-0.39, 0.29) is 6.04 Å². The van der Waals surface area contributed by atoms with Gasteiger partial charge in [-0.1, -0.05) is 26.7 Å². The third-order valence-electron chi connectivity index (χ3n) is 2.99. The molecule has 3 nitrogen and oxygen atoms in total. The smallest absolute Gasteiger partial charge is 0.109 e. The molecule has 0 aliphatic heterocycles. The molecule has 0 fully saturated rings. The van der Waals surface area contributed by atoms with Gasteiger partial charge in [0.25, 0.3) is 0 Å². The molecule has 1 unspecified atom stereocenters. The summed E-state index contributed by atoms with van der Waals surface area (Å²) in [5.74, 6) is 1.70. The first-order valence-corrected chi connectivity index (χ1v) is 5.40. The van der Waals surface area contributed by atoms with Crippen LogP contribution in [0.1, 0.15) is 32.5 Å². The number of hydrogen-bond acceptors (Lipinski definition) is 2. The molecule has 2 N–H and O–H groups in total. The molecule has 0 bridgehead atoms. The lowest BCUT2D eigenvalue weighted by Crippen LogP contribution is -2.32. The Morgan fingerprint density at radius 1 is 1.43 bits per heavy atom. The Kier molecular flexibility index (Phi) is 4.14. The van der Waals surface area contributed by atoms with Crippen molar-refractivity contribution in [2.75, 3.05) is 0 Å². The summed E-state index contributed by atoms with van der Waals surface area (Å²) in [7, 11) is 2.02. The number of nitrogens with zero attached hydrogens (tertiary/aromatic N) is 2. The molecule has 0 aliphatic carbocycles. The molecule has 1 aromatic heterocycles. The Bertz CT molecular complexity index is 263. The number of hydrogen-bond donors (Lipinski definition) is 1. The molecule has 1 aromatic rings. The highest BCUT2D eigenvalue weighted by molar-refractivity contribution is 4.95. The van der Waals surface area contributed by atoms with Crippen LogP contribution in [0.2, 0.25) is 0 Å². The van der Waals surface area contributed by atoms with Crippen molar-refractivity contribution in [3.05, 3.63) is 18.2 Å². The van der Waals surface area contributed by atoms with Gasteiger partial charge in [-0.3, -0.25) is 0 Å². The van der Waals surface area contributed by atoms with Gasteiger partial charge in [0.05, 0.1) is 0 Å². The number of nitrogens with two attached hydrogens (primary N) is 1. The summed E-state index contributed by atoms with van der Waals surface area (Å²) in [5.41, 5.74) is 6.15. The second kappa shape index (κ2) is 5.15. The van der Waals surface area contributed by atoms with E-state index in [1.807, 2.05) is 24.0 Å². The van der Waals surface area contributed by atoms with E-state index in [1.165, 1.54) is 0 Å². The molecule has 14 heavy (non-hydrogen) atoms. The second-order valence-corrected chi connectivity index (χ2v) is 3.90. The third kappa shape index (κ3) is 2.58. The maximum atomic E-state index is 6.15. The Morgan fingerprint density at radius 2 is 2.07 bits per heavy atom. The van der Waals surface area contributed by atoms with Gasteiger partial charge < -0.3 is 10.3 Å². The van der Waals surface area contributed by atoms with Crippen LogP contribution in [0.25, 0.3) is 0 Å². The van der Waals surface area contributed by atoms with Crippen molar-refractivity contribution in [3.8, 4) is 0 Å². The molecule has 1 atom stereocenters. The minimum atomic E-state index is 0.242. The molecule has 80 valence electrons. The normalized spacial score (nSPS) is 13.5. The van der Waals surface area contributed by atoms with Gasteiger partial charge in [-0.15, -0.1) is 0 Å². The van der Waals surface area contributed by atoms with E-state index in [0.29, 0.717) is 5.92 Å². The fraction of sp³-hybridized carbons (Fsp3) is 0.727. The highest BCUT2D eigenvalue weighted by Gasteiger charge is 2.15. The molecule has 0 aromatic carbocycles. The van der Waals surface area contributed by atoms with E-state index < -0.39 is 0 Å². The van der Waals surface area contributed by atoms with Gasteiger partial charge in [0.2, 0.25) is 0 Å². The fourth-order valence-corrected chi connectivity index (χ4v) is 1.86. The SMILES string of the molecule is CCC(CC)C(N)Cc1nccn1C. The highest BCUT2D eigenvalue weighted by atomic mass is 15.0. The second-order valence-electron chi connectivity index (χ2n) is 3.90. The van der Waals surface area contributed by atoms with Crippen LogP contribution in [0.5, 0.6) is 0 Å². The van der Waals surface area contributed by atoms with Crippen LogP contribution in [-0.4, -0.2) is 15.6 Å².